The first-order valence-electron chi connectivity index (χ1n) is 6.94. The number of hydrogen-bond donors (Lipinski definition) is 2. The maximum absolute atomic E-state index is 11.9. The monoisotopic (exact) mass is 324 g/mol. The molecule has 4 heteroatoms. The topological polar surface area (TPSA) is 41.1 Å². The molecule has 1 aliphatic heterocycles. The van der Waals surface area contributed by atoms with Crippen LogP contribution in [0.2, 0.25) is 0 Å². The predicted octanol–water partition coefficient (Wildman–Crippen LogP) is 3.62. The van der Waals surface area contributed by atoms with Crippen molar-refractivity contribution in [2.24, 2.45) is 0 Å². The molecule has 19 heavy (non-hydrogen) atoms. The van der Waals surface area contributed by atoms with Gasteiger partial charge in [-0.25, -0.2) is 0 Å². The summed E-state index contributed by atoms with van der Waals surface area (Å²) in [6, 6.07) is 6.40. The second-order valence-corrected chi connectivity index (χ2v) is 6.05. The van der Waals surface area contributed by atoms with Gasteiger partial charge in [0.25, 0.3) is 0 Å². The summed E-state index contributed by atoms with van der Waals surface area (Å²) in [4.78, 5) is 11.9. The van der Waals surface area contributed by atoms with Gasteiger partial charge in [-0.15, -0.1) is 0 Å². The molecule has 1 amide bonds. The van der Waals surface area contributed by atoms with E-state index in [1.807, 2.05) is 25.1 Å². The molecule has 0 saturated carbocycles. The minimum atomic E-state index is 0.106. The molecule has 0 radical (unpaired) electrons. The summed E-state index contributed by atoms with van der Waals surface area (Å²) in [5, 5.41) is 6.43. The molecule has 1 aliphatic rings. The Kier molecular flexibility index (Phi) is 5.40. The first-order valence-corrected chi connectivity index (χ1v) is 7.74. The summed E-state index contributed by atoms with van der Waals surface area (Å²) in [5.74, 6) is 0.106. The van der Waals surface area contributed by atoms with Crippen molar-refractivity contribution in [3.63, 3.8) is 0 Å². The lowest BCUT2D eigenvalue weighted by Crippen LogP contribution is -2.34. The third-order valence-electron chi connectivity index (χ3n) is 3.57. The van der Waals surface area contributed by atoms with Gasteiger partial charge in [0, 0.05) is 22.6 Å². The molecule has 1 aromatic carbocycles. The average molecular weight is 325 g/mol. The van der Waals surface area contributed by atoms with Gasteiger partial charge < -0.3 is 10.6 Å². The van der Waals surface area contributed by atoms with E-state index < -0.39 is 0 Å². The van der Waals surface area contributed by atoms with Gasteiger partial charge >= 0.3 is 0 Å². The molecular formula is C15H21BrN2O. The molecule has 1 unspecified atom stereocenters. The number of amides is 1. The van der Waals surface area contributed by atoms with Crippen molar-refractivity contribution < 1.29 is 4.79 Å². The molecule has 1 saturated heterocycles. The van der Waals surface area contributed by atoms with E-state index in [4.69, 9.17) is 0 Å². The predicted molar refractivity (Wildman–Crippen MR) is 82.4 cm³/mol. The zero-order valence-electron chi connectivity index (χ0n) is 11.3. The average Bonchev–Trinajstić information content (AvgIpc) is 2.42. The maximum Gasteiger partial charge on any atom is 0.224 e. The summed E-state index contributed by atoms with van der Waals surface area (Å²) < 4.78 is 1.07. The molecule has 2 rings (SSSR count). The third-order valence-corrected chi connectivity index (χ3v) is 4.46. The molecule has 2 N–H and O–H groups in total. The van der Waals surface area contributed by atoms with Crippen LogP contribution in [0.4, 0.5) is 5.69 Å². The van der Waals surface area contributed by atoms with E-state index >= 15 is 0 Å². The standard InChI is InChI=1S/C15H21BrN2O/c1-11-10-13(5-7-14(11)16)18-15(19)8-6-12-4-2-3-9-17-12/h5,7,10,12,17H,2-4,6,8-9H2,1H3,(H,18,19). The van der Waals surface area contributed by atoms with E-state index in [1.54, 1.807) is 0 Å². The lowest BCUT2D eigenvalue weighted by atomic mass is 10.0. The van der Waals surface area contributed by atoms with Gasteiger partial charge in [0.05, 0.1) is 0 Å². The van der Waals surface area contributed by atoms with Crippen LogP contribution in [-0.2, 0) is 4.79 Å². The second kappa shape index (κ2) is 7.06. The van der Waals surface area contributed by atoms with E-state index in [2.05, 4.69) is 26.6 Å². The molecule has 1 fully saturated rings. The Balaban J connectivity index is 1.78. The summed E-state index contributed by atoms with van der Waals surface area (Å²) in [6.45, 7) is 3.11. The lowest BCUT2D eigenvalue weighted by molar-refractivity contribution is -0.116. The van der Waals surface area contributed by atoms with Crippen molar-refractivity contribution in [2.45, 2.75) is 45.1 Å². The van der Waals surface area contributed by atoms with Gasteiger partial charge in [0.2, 0.25) is 5.91 Å². The molecule has 1 atom stereocenters. The molecular weight excluding hydrogens is 304 g/mol. The van der Waals surface area contributed by atoms with Gasteiger partial charge in [-0.1, -0.05) is 22.4 Å². The van der Waals surface area contributed by atoms with E-state index in [-0.39, 0.29) is 5.91 Å². The fraction of sp³-hybridized carbons (Fsp3) is 0.533. The van der Waals surface area contributed by atoms with Crippen molar-refractivity contribution in [3.8, 4) is 0 Å². The molecule has 0 bridgehead atoms. The number of anilines is 1. The van der Waals surface area contributed by atoms with E-state index in [1.165, 1.54) is 19.3 Å². The first kappa shape index (κ1) is 14.5. The van der Waals surface area contributed by atoms with Crippen molar-refractivity contribution in [2.75, 3.05) is 11.9 Å². The highest BCUT2D eigenvalue weighted by atomic mass is 79.9. The Bertz CT molecular complexity index is 442. The Labute approximate surface area is 123 Å². The van der Waals surface area contributed by atoms with E-state index in [0.717, 1.165) is 28.7 Å². The van der Waals surface area contributed by atoms with Crippen molar-refractivity contribution in [3.05, 3.63) is 28.2 Å². The van der Waals surface area contributed by atoms with Gasteiger partial charge in [-0.05, 0) is 56.5 Å². The minimum absolute atomic E-state index is 0.106. The zero-order valence-corrected chi connectivity index (χ0v) is 12.9. The molecule has 104 valence electrons. The number of carbonyl (C=O) groups is 1. The highest BCUT2D eigenvalue weighted by Crippen LogP contribution is 2.20. The summed E-state index contributed by atoms with van der Waals surface area (Å²) in [5.41, 5.74) is 2.01. The zero-order chi connectivity index (χ0) is 13.7. The van der Waals surface area contributed by atoms with Crippen LogP contribution < -0.4 is 10.6 Å². The number of nitrogens with one attached hydrogen (secondary N) is 2. The third kappa shape index (κ3) is 4.62. The number of aryl methyl sites for hydroxylation is 1. The van der Waals surface area contributed by atoms with Crippen LogP contribution in [0.15, 0.2) is 22.7 Å². The normalized spacial score (nSPS) is 19.2. The fourth-order valence-electron chi connectivity index (χ4n) is 2.42. The Morgan fingerprint density at radius 2 is 2.32 bits per heavy atom. The van der Waals surface area contributed by atoms with Crippen LogP contribution in [0.3, 0.4) is 0 Å². The van der Waals surface area contributed by atoms with Crippen LogP contribution in [0.1, 0.15) is 37.7 Å². The lowest BCUT2D eigenvalue weighted by Gasteiger charge is -2.23. The number of carbonyl (C=O) groups excluding carboxylic acids is 1. The van der Waals surface area contributed by atoms with Crippen molar-refractivity contribution in [1.29, 1.82) is 0 Å². The molecule has 0 aliphatic carbocycles. The fourth-order valence-corrected chi connectivity index (χ4v) is 2.67. The van der Waals surface area contributed by atoms with Crippen LogP contribution in [0.25, 0.3) is 0 Å². The van der Waals surface area contributed by atoms with Crippen molar-refractivity contribution >= 4 is 27.5 Å². The van der Waals surface area contributed by atoms with Gasteiger partial charge in [0.1, 0.15) is 0 Å². The maximum atomic E-state index is 11.9. The highest BCUT2D eigenvalue weighted by Gasteiger charge is 2.14. The molecule has 3 nitrogen and oxygen atoms in total. The Morgan fingerprint density at radius 3 is 3.00 bits per heavy atom. The quantitative estimate of drug-likeness (QED) is 0.888. The smallest absolute Gasteiger partial charge is 0.224 e. The van der Waals surface area contributed by atoms with Crippen LogP contribution in [-0.4, -0.2) is 18.5 Å². The van der Waals surface area contributed by atoms with Gasteiger partial charge in [-0.3, -0.25) is 4.79 Å². The Hall–Kier alpha value is -0.870. The Morgan fingerprint density at radius 1 is 1.47 bits per heavy atom. The van der Waals surface area contributed by atoms with Gasteiger partial charge in [-0.2, -0.15) is 0 Å². The summed E-state index contributed by atoms with van der Waals surface area (Å²) >= 11 is 3.46. The van der Waals surface area contributed by atoms with E-state index in [9.17, 15) is 4.79 Å². The van der Waals surface area contributed by atoms with Gasteiger partial charge in [0.15, 0.2) is 0 Å². The first-order chi connectivity index (χ1) is 9.15. The summed E-state index contributed by atoms with van der Waals surface area (Å²) in [6.07, 6.45) is 5.27. The molecule has 0 spiro atoms. The SMILES string of the molecule is Cc1cc(NC(=O)CCC2CCCCN2)ccc1Br. The summed E-state index contributed by atoms with van der Waals surface area (Å²) in [7, 11) is 0. The highest BCUT2D eigenvalue weighted by molar-refractivity contribution is 9.10. The second-order valence-electron chi connectivity index (χ2n) is 5.20. The van der Waals surface area contributed by atoms with Crippen LogP contribution >= 0.6 is 15.9 Å². The van der Waals surface area contributed by atoms with Crippen LogP contribution in [0, 0.1) is 6.92 Å². The number of piperidine rings is 1. The van der Waals surface area contributed by atoms with E-state index in [0.29, 0.717) is 12.5 Å². The molecule has 1 aromatic rings. The van der Waals surface area contributed by atoms with Crippen LogP contribution in [0.5, 0.6) is 0 Å². The minimum Gasteiger partial charge on any atom is -0.326 e. The number of benzene rings is 1. The largest absolute Gasteiger partial charge is 0.326 e. The number of halogens is 1. The molecule has 1 heterocycles. The number of hydrogen-bond acceptors (Lipinski definition) is 2. The molecule has 0 aromatic heterocycles. The van der Waals surface area contributed by atoms with Crippen molar-refractivity contribution in [1.82, 2.24) is 5.32 Å². The number of rotatable bonds is 4.